The second kappa shape index (κ2) is 6.00. The van der Waals surface area contributed by atoms with E-state index in [1.54, 1.807) is 0 Å². The first-order chi connectivity index (χ1) is 7.97. The zero-order valence-electron chi connectivity index (χ0n) is 10.8. The average Bonchev–Trinajstić information content (AvgIpc) is 2.23. The van der Waals surface area contributed by atoms with Crippen LogP contribution in [-0.2, 0) is 9.59 Å². The van der Waals surface area contributed by atoms with Crippen LogP contribution >= 0.6 is 0 Å². The van der Waals surface area contributed by atoms with Crippen molar-refractivity contribution in [3.63, 3.8) is 0 Å². The highest BCUT2D eigenvalue weighted by Crippen LogP contribution is 2.19. The summed E-state index contributed by atoms with van der Waals surface area (Å²) in [6, 6.07) is -0.0534. The predicted molar refractivity (Wildman–Crippen MR) is 64.8 cm³/mol. The van der Waals surface area contributed by atoms with Crippen LogP contribution in [0.15, 0.2) is 0 Å². The van der Waals surface area contributed by atoms with Gasteiger partial charge in [-0.1, -0.05) is 6.92 Å². The standard InChI is InChI=1S/C12H22N2O3/c1-4-7-14-9(2)8-13(3)10(12(14)17)5-6-11(15)16/h9-10H,4-8H2,1-3H3,(H,15,16). The SMILES string of the molecule is CCCN1C(=O)C(CCC(=O)O)N(C)CC1C. The first-order valence-electron chi connectivity index (χ1n) is 6.19. The number of hydrogen-bond donors (Lipinski definition) is 1. The number of hydrogen-bond acceptors (Lipinski definition) is 3. The average molecular weight is 242 g/mol. The number of aliphatic carboxylic acids is 1. The third-order valence-corrected chi connectivity index (χ3v) is 3.28. The lowest BCUT2D eigenvalue weighted by atomic mass is 10.0. The van der Waals surface area contributed by atoms with Crippen LogP contribution in [-0.4, -0.2) is 59.0 Å². The Morgan fingerprint density at radius 1 is 1.53 bits per heavy atom. The third-order valence-electron chi connectivity index (χ3n) is 3.28. The van der Waals surface area contributed by atoms with Gasteiger partial charge < -0.3 is 10.0 Å². The summed E-state index contributed by atoms with van der Waals surface area (Å²) in [5.74, 6) is -0.763. The summed E-state index contributed by atoms with van der Waals surface area (Å²) >= 11 is 0. The number of nitrogens with zero attached hydrogens (tertiary/aromatic N) is 2. The van der Waals surface area contributed by atoms with E-state index >= 15 is 0 Å². The summed E-state index contributed by atoms with van der Waals surface area (Å²) < 4.78 is 0. The van der Waals surface area contributed by atoms with Crippen LogP contribution in [0.3, 0.4) is 0 Å². The largest absolute Gasteiger partial charge is 0.481 e. The van der Waals surface area contributed by atoms with E-state index in [1.165, 1.54) is 0 Å². The molecule has 0 saturated carbocycles. The zero-order valence-corrected chi connectivity index (χ0v) is 10.8. The minimum Gasteiger partial charge on any atom is -0.481 e. The van der Waals surface area contributed by atoms with E-state index < -0.39 is 5.97 Å². The van der Waals surface area contributed by atoms with Gasteiger partial charge in [0.15, 0.2) is 0 Å². The molecule has 0 radical (unpaired) electrons. The zero-order chi connectivity index (χ0) is 13.0. The molecule has 98 valence electrons. The number of amides is 1. The molecule has 2 unspecified atom stereocenters. The quantitative estimate of drug-likeness (QED) is 0.774. The van der Waals surface area contributed by atoms with Crippen LogP contribution in [0, 0.1) is 0 Å². The van der Waals surface area contributed by atoms with Crippen molar-refractivity contribution in [3.05, 3.63) is 0 Å². The molecule has 1 heterocycles. The van der Waals surface area contributed by atoms with Crippen LogP contribution in [0.5, 0.6) is 0 Å². The van der Waals surface area contributed by atoms with Crippen molar-refractivity contribution in [2.75, 3.05) is 20.1 Å². The molecule has 1 fully saturated rings. The summed E-state index contributed by atoms with van der Waals surface area (Å²) in [4.78, 5) is 26.7. The minimum absolute atomic E-state index is 0.0507. The fraction of sp³-hybridized carbons (Fsp3) is 0.833. The number of piperazine rings is 1. The molecule has 0 aliphatic carbocycles. The minimum atomic E-state index is -0.841. The summed E-state index contributed by atoms with van der Waals surface area (Å²) in [5.41, 5.74) is 0. The first-order valence-corrected chi connectivity index (χ1v) is 6.19. The summed E-state index contributed by atoms with van der Waals surface area (Å²) in [6.07, 6.45) is 1.39. The number of likely N-dealkylation sites (N-methyl/N-ethyl adjacent to an activating group) is 1. The molecule has 0 bridgehead atoms. The summed E-state index contributed by atoms with van der Waals surface area (Å²) in [6.45, 7) is 5.66. The van der Waals surface area contributed by atoms with E-state index in [1.807, 2.05) is 30.7 Å². The van der Waals surface area contributed by atoms with Gasteiger partial charge in [0, 0.05) is 25.6 Å². The highest BCUT2D eigenvalue weighted by molar-refractivity contribution is 5.83. The van der Waals surface area contributed by atoms with Gasteiger partial charge in [0.25, 0.3) is 0 Å². The summed E-state index contributed by atoms with van der Waals surface area (Å²) in [7, 11) is 1.89. The molecule has 5 heteroatoms. The molecule has 1 N–H and O–H groups in total. The molecule has 0 spiro atoms. The molecule has 1 aliphatic rings. The number of carboxylic acids is 1. The molecule has 1 rings (SSSR count). The van der Waals surface area contributed by atoms with E-state index in [9.17, 15) is 9.59 Å². The molecular weight excluding hydrogens is 220 g/mol. The lowest BCUT2D eigenvalue weighted by Gasteiger charge is -2.43. The van der Waals surface area contributed by atoms with Gasteiger partial charge in [-0.2, -0.15) is 0 Å². The van der Waals surface area contributed by atoms with E-state index in [0.29, 0.717) is 6.42 Å². The van der Waals surface area contributed by atoms with Crippen molar-refractivity contribution in [2.45, 2.75) is 45.2 Å². The van der Waals surface area contributed by atoms with Gasteiger partial charge in [-0.25, -0.2) is 0 Å². The fourth-order valence-electron chi connectivity index (χ4n) is 2.42. The second-order valence-electron chi connectivity index (χ2n) is 4.77. The van der Waals surface area contributed by atoms with Crippen LogP contribution in [0.25, 0.3) is 0 Å². The van der Waals surface area contributed by atoms with Crippen molar-refractivity contribution >= 4 is 11.9 Å². The fourth-order valence-corrected chi connectivity index (χ4v) is 2.42. The Balaban J connectivity index is 2.68. The Morgan fingerprint density at radius 3 is 2.71 bits per heavy atom. The third kappa shape index (κ3) is 3.43. The van der Waals surface area contributed by atoms with Crippen molar-refractivity contribution in [1.82, 2.24) is 9.80 Å². The molecule has 0 aromatic rings. The van der Waals surface area contributed by atoms with Crippen LogP contribution in [0.4, 0.5) is 0 Å². The highest BCUT2D eigenvalue weighted by Gasteiger charge is 2.36. The Labute approximate surface area is 102 Å². The second-order valence-corrected chi connectivity index (χ2v) is 4.77. The van der Waals surface area contributed by atoms with Gasteiger partial charge in [-0.3, -0.25) is 14.5 Å². The topological polar surface area (TPSA) is 60.9 Å². The lowest BCUT2D eigenvalue weighted by molar-refractivity contribution is -0.145. The van der Waals surface area contributed by atoms with Crippen molar-refractivity contribution in [3.8, 4) is 0 Å². The Bertz CT molecular complexity index is 293. The number of carboxylic acid groups (broad SMARTS) is 1. The molecule has 5 nitrogen and oxygen atoms in total. The Hall–Kier alpha value is -1.10. The molecule has 1 amide bonds. The van der Waals surface area contributed by atoms with E-state index in [2.05, 4.69) is 0 Å². The molecule has 1 saturated heterocycles. The van der Waals surface area contributed by atoms with Gasteiger partial charge in [0.05, 0.1) is 6.04 Å². The van der Waals surface area contributed by atoms with E-state index in [0.717, 1.165) is 19.5 Å². The summed E-state index contributed by atoms with van der Waals surface area (Å²) in [5, 5.41) is 8.69. The Kier molecular flexibility index (Phi) is 4.93. The molecule has 17 heavy (non-hydrogen) atoms. The first kappa shape index (κ1) is 14.0. The van der Waals surface area contributed by atoms with Crippen LogP contribution in [0.2, 0.25) is 0 Å². The van der Waals surface area contributed by atoms with Crippen molar-refractivity contribution in [2.24, 2.45) is 0 Å². The maximum Gasteiger partial charge on any atom is 0.303 e. The number of carbonyl (C=O) groups excluding carboxylic acids is 1. The normalized spacial score (nSPS) is 26.3. The van der Waals surface area contributed by atoms with E-state index in [-0.39, 0.29) is 24.4 Å². The maximum atomic E-state index is 12.2. The molecule has 2 atom stereocenters. The van der Waals surface area contributed by atoms with Gasteiger partial charge in [0.2, 0.25) is 5.91 Å². The number of carbonyl (C=O) groups is 2. The molecular formula is C12H22N2O3. The van der Waals surface area contributed by atoms with E-state index in [4.69, 9.17) is 5.11 Å². The monoisotopic (exact) mass is 242 g/mol. The van der Waals surface area contributed by atoms with Crippen LogP contribution < -0.4 is 0 Å². The van der Waals surface area contributed by atoms with Crippen molar-refractivity contribution in [1.29, 1.82) is 0 Å². The highest BCUT2D eigenvalue weighted by atomic mass is 16.4. The number of rotatable bonds is 5. The molecule has 0 aromatic carbocycles. The molecule has 0 aromatic heterocycles. The van der Waals surface area contributed by atoms with Gasteiger partial charge in [0.1, 0.15) is 0 Å². The predicted octanol–water partition coefficient (Wildman–Crippen LogP) is 0.792. The lowest BCUT2D eigenvalue weighted by Crippen LogP contribution is -2.59. The smallest absolute Gasteiger partial charge is 0.303 e. The van der Waals surface area contributed by atoms with Gasteiger partial charge >= 0.3 is 5.97 Å². The van der Waals surface area contributed by atoms with Crippen LogP contribution in [0.1, 0.15) is 33.1 Å². The molecule has 1 aliphatic heterocycles. The van der Waals surface area contributed by atoms with Gasteiger partial charge in [-0.15, -0.1) is 0 Å². The maximum absolute atomic E-state index is 12.2. The van der Waals surface area contributed by atoms with Gasteiger partial charge in [-0.05, 0) is 26.8 Å². The van der Waals surface area contributed by atoms with Crippen molar-refractivity contribution < 1.29 is 14.7 Å². The Morgan fingerprint density at radius 2 is 2.18 bits per heavy atom.